The lowest BCUT2D eigenvalue weighted by Crippen LogP contribution is -2.34. The lowest BCUT2D eigenvalue weighted by atomic mass is 10.2. The molecule has 1 unspecified atom stereocenters. The lowest BCUT2D eigenvalue weighted by Gasteiger charge is -2.20. The second-order valence-corrected chi connectivity index (χ2v) is 5.52. The van der Waals surface area contributed by atoms with Gasteiger partial charge in [-0.05, 0) is 39.1 Å². The van der Waals surface area contributed by atoms with Crippen LogP contribution in [0.15, 0.2) is 18.3 Å². The molecule has 1 atom stereocenters. The van der Waals surface area contributed by atoms with E-state index >= 15 is 0 Å². The van der Waals surface area contributed by atoms with E-state index in [1.165, 1.54) is 0 Å². The van der Waals surface area contributed by atoms with E-state index in [2.05, 4.69) is 36.2 Å². The van der Waals surface area contributed by atoms with Crippen LogP contribution in [0.5, 0.6) is 0 Å². The first kappa shape index (κ1) is 14.8. The van der Waals surface area contributed by atoms with E-state index < -0.39 is 0 Å². The van der Waals surface area contributed by atoms with E-state index in [9.17, 15) is 4.79 Å². The van der Waals surface area contributed by atoms with Gasteiger partial charge in [-0.2, -0.15) is 0 Å². The van der Waals surface area contributed by atoms with Crippen molar-refractivity contribution in [2.24, 2.45) is 0 Å². The Balaban J connectivity index is 1.96. The van der Waals surface area contributed by atoms with E-state index in [1.807, 2.05) is 17.0 Å². The van der Waals surface area contributed by atoms with E-state index in [1.54, 1.807) is 6.20 Å². The SMILES string of the molecule is CCCNc1ccc(C(=O)N2CCC(N(C)C)C2)cn1. The maximum absolute atomic E-state index is 12.4. The normalized spacial score (nSPS) is 18.6. The minimum atomic E-state index is 0.0869. The number of amides is 1. The van der Waals surface area contributed by atoms with Gasteiger partial charge >= 0.3 is 0 Å². The van der Waals surface area contributed by atoms with Crippen molar-refractivity contribution in [3.05, 3.63) is 23.9 Å². The molecule has 1 fully saturated rings. The molecule has 2 rings (SSSR count). The van der Waals surface area contributed by atoms with Crippen LogP contribution in [-0.4, -0.2) is 60.5 Å². The Morgan fingerprint density at radius 3 is 2.85 bits per heavy atom. The Labute approximate surface area is 121 Å². The first-order chi connectivity index (χ1) is 9.61. The number of carbonyl (C=O) groups is 1. The first-order valence-electron chi connectivity index (χ1n) is 7.27. The van der Waals surface area contributed by atoms with Crippen LogP contribution < -0.4 is 5.32 Å². The van der Waals surface area contributed by atoms with Gasteiger partial charge in [-0.1, -0.05) is 6.92 Å². The number of hydrogen-bond acceptors (Lipinski definition) is 4. The summed E-state index contributed by atoms with van der Waals surface area (Å²) in [4.78, 5) is 20.8. The molecular weight excluding hydrogens is 252 g/mol. The largest absolute Gasteiger partial charge is 0.370 e. The van der Waals surface area contributed by atoms with Crippen molar-refractivity contribution < 1.29 is 4.79 Å². The standard InChI is InChI=1S/C15H24N4O/c1-4-8-16-14-6-5-12(10-17-14)15(20)19-9-7-13(11-19)18(2)3/h5-6,10,13H,4,7-9,11H2,1-3H3,(H,16,17). The van der Waals surface area contributed by atoms with Crippen LogP contribution in [0, 0.1) is 0 Å². The van der Waals surface area contributed by atoms with Gasteiger partial charge in [-0.3, -0.25) is 4.79 Å². The molecule has 1 aliphatic heterocycles. The molecule has 0 spiro atoms. The van der Waals surface area contributed by atoms with Crippen LogP contribution in [0.3, 0.4) is 0 Å². The van der Waals surface area contributed by atoms with Crippen molar-refractivity contribution in [3.63, 3.8) is 0 Å². The highest BCUT2D eigenvalue weighted by Crippen LogP contribution is 2.16. The lowest BCUT2D eigenvalue weighted by molar-refractivity contribution is 0.0782. The molecule has 1 aromatic rings. The molecule has 110 valence electrons. The highest BCUT2D eigenvalue weighted by molar-refractivity contribution is 5.94. The third-order valence-electron chi connectivity index (χ3n) is 3.75. The molecule has 0 bridgehead atoms. The molecule has 1 amide bonds. The van der Waals surface area contributed by atoms with E-state index in [4.69, 9.17) is 0 Å². The number of carbonyl (C=O) groups excluding carboxylic acids is 1. The summed E-state index contributed by atoms with van der Waals surface area (Å²) < 4.78 is 0. The number of likely N-dealkylation sites (tertiary alicyclic amines) is 1. The second-order valence-electron chi connectivity index (χ2n) is 5.52. The van der Waals surface area contributed by atoms with Crippen LogP contribution in [0.2, 0.25) is 0 Å². The van der Waals surface area contributed by atoms with Gasteiger partial charge in [0.25, 0.3) is 5.91 Å². The summed E-state index contributed by atoms with van der Waals surface area (Å²) in [5.74, 6) is 0.917. The van der Waals surface area contributed by atoms with Gasteiger partial charge in [-0.25, -0.2) is 4.98 Å². The van der Waals surface area contributed by atoms with Crippen LogP contribution in [0.1, 0.15) is 30.1 Å². The molecule has 0 aliphatic carbocycles. The van der Waals surface area contributed by atoms with Crippen molar-refractivity contribution in [1.29, 1.82) is 0 Å². The molecule has 1 aliphatic rings. The van der Waals surface area contributed by atoms with Gasteiger partial charge in [0, 0.05) is 31.9 Å². The van der Waals surface area contributed by atoms with Crippen molar-refractivity contribution in [2.75, 3.05) is 39.0 Å². The van der Waals surface area contributed by atoms with Crippen molar-refractivity contribution in [3.8, 4) is 0 Å². The maximum Gasteiger partial charge on any atom is 0.255 e. The number of rotatable bonds is 5. The van der Waals surface area contributed by atoms with Crippen molar-refractivity contribution in [2.45, 2.75) is 25.8 Å². The van der Waals surface area contributed by atoms with E-state index in [-0.39, 0.29) is 5.91 Å². The summed E-state index contributed by atoms with van der Waals surface area (Å²) in [6, 6.07) is 4.20. The highest BCUT2D eigenvalue weighted by Gasteiger charge is 2.28. The van der Waals surface area contributed by atoms with Gasteiger partial charge in [0.2, 0.25) is 0 Å². The summed E-state index contributed by atoms with van der Waals surface area (Å²) >= 11 is 0. The first-order valence-corrected chi connectivity index (χ1v) is 7.27. The smallest absolute Gasteiger partial charge is 0.255 e. The molecule has 5 nitrogen and oxygen atoms in total. The minimum Gasteiger partial charge on any atom is -0.370 e. The topological polar surface area (TPSA) is 48.5 Å². The number of nitrogens with one attached hydrogen (secondary N) is 1. The van der Waals surface area contributed by atoms with Gasteiger partial charge in [0.05, 0.1) is 5.56 Å². The monoisotopic (exact) mass is 276 g/mol. The molecule has 1 N–H and O–H groups in total. The fourth-order valence-electron chi connectivity index (χ4n) is 2.41. The van der Waals surface area contributed by atoms with Crippen molar-refractivity contribution in [1.82, 2.24) is 14.8 Å². The van der Waals surface area contributed by atoms with Crippen LogP contribution in [-0.2, 0) is 0 Å². The molecule has 0 saturated carbocycles. The fraction of sp³-hybridized carbons (Fsp3) is 0.600. The van der Waals surface area contributed by atoms with Gasteiger partial charge in [-0.15, -0.1) is 0 Å². The third kappa shape index (κ3) is 3.48. The Morgan fingerprint density at radius 1 is 1.50 bits per heavy atom. The minimum absolute atomic E-state index is 0.0869. The molecule has 1 saturated heterocycles. The molecule has 2 heterocycles. The zero-order valence-corrected chi connectivity index (χ0v) is 12.6. The Hall–Kier alpha value is -1.62. The maximum atomic E-state index is 12.4. The highest BCUT2D eigenvalue weighted by atomic mass is 16.2. The molecule has 20 heavy (non-hydrogen) atoms. The molecule has 0 radical (unpaired) electrons. The average Bonchev–Trinajstić information content (AvgIpc) is 2.95. The quantitative estimate of drug-likeness (QED) is 0.889. The van der Waals surface area contributed by atoms with Crippen molar-refractivity contribution >= 4 is 11.7 Å². The average molecular weight is 276 g/mol. The zero-order chi connectivity index (χ0) is 14.5. The predicted octanol–water partition coefficient (Wildman–Crippen LogP) is 1.68. The summed E-state index contributed by atoms with van der Waals surface area (Å²) in [5, 5.41) is 3.21. The fourth-order valence-corrected chi connectivity index (χ4v) is 2.41. The summed E-state index contributed by atoms with van der Waals surface area (Å²) in [6.07, 6.45) is 3.77. The number of nitrogens with zero attached hydrogens (tertiary/aromatic N) is 3. The molecule has 1 aromatic heterocycles. The summed E-state index contributed by atoms with van der Waals surface area (Å²) in [6.45, 7) is 4.65. The number of aromatic nitrogens is 1. The van der Waals surface area contributed by atoms with Gasteiger partial charge < -0.3 is 15.1 Å². The Morgan fingerprint density at radius 2 is 2.30 bits per heavy atom. The summed E-state index contributed by atoms with van der Waals surface area (Å²) in [5.41, 5.74) is 0.673. The molecular formula is C15H24N4O. The Bertz CT molecular complexity index is 444. The number of hydrogen-bond donors (Lipinski definition) is 1. The van der Waals surface area contributed by atoms with E-state index in [0.29, 0.717) is 11.6 Å². The number of anilines is 1. The molecule has 5 heteroatoms. The van der Waals surface area contributed by atoms with Gasteiger partial charge in [0.15, 0.2) is 0 Å². The second kappa shape index (κ2) is 6.70. The number of likely N-dealkylation sites (N-methyl/N-ethyl adjacent to an activating group) is 1. The zero-order valence-electron chi connectivity index (χ0n) is 12.6. The predicted molar refractivity (Wildman–Crippen MR) is 81.0 cm³/mol. The number of pyridine rings is 1. The van der Waals surface area contributed by atoms with Crippen LogP contribution in [0.4, 0.5) is 5.82 Å². The van der Waals surface area contributed by atoms with E-state index in [0.717, 1.165) is 38.3 Å². The molecule has 0 aromatic carbocycles. The Kier molecular flexibility index (Phi) is 4.95. The van der Waals surface area contributed by atoms with Crippen LogP contribution in [0.25, 0.3) is 0 Å². The van der Waals surface area contributed by atoms with Crippen LogP contribution >= 0.6 is 0 Å². The third-order valence-corrected chi connectivity index (χ3v) is 3.75. The summed E-state index contributed by atoms with van der Waals surface area (Å²) in [7, 11) is 4.13. The van der Waals surface area contributed by atoms with Gasteiger partial charge in [0.1, 0.15) is 5.82 Å².